The van der Waals surface area contributed by atoms with Gasteiger partial charge in [-0.1, -0.05) is 24.3 Å². The van der Waals surface area contributed by atoms with Crippen molar-refractivity contribution in [3.05, 3.63) is 82.3 Å². The molecule has 3 heterocycles. The number of imidazole rings is 1. The Morgan fingerprint density at radius 2 is 1.83 bits per heavy atom. The van der Waals surface area contributed by atoms with Crippen LogP contribution in [0.5, 0.6) is 5.75 Å². The van der Waals surface area contributed by atoms with Crippen LogP contribution in [-0.2, 0) is 17.9 Å². The van der Waals surface area contributed by atoms with E-state index in [2.05, 4.69) is 15.2 Å². The Hall–Kier alpha value is -4.22. The Morgan fingerprint density at radius 3 is 2.67 bits per heavy atom. The highest BCUT2D eigenvalue weighted by atomic mass is 16.6. The summed E-state index contributed by atoms with van der Waals surface area (Å²) in [5, 5.41) is 14.0. The van der Waals surface area contributed by atoms with Crippen LogP contribution in [0.2, 0.25) is 0 Å². The Balaban J connectivity index is 1.28. The Bertz CT molecular complexity index is 1370. The van der Waals surface area contributed by atoms with Crippen molar-refractivity contribution in [1.29, 1.82) is 0 Å². The predicted octanol–water partition coefficient (Wildman–Crippen LogP) is 3.70. The fraction of sp³-hybridized carbons (Fsp3) is 0.280. The number of rotatable bonds is 9. The lowest BCUT2D eigenvalue weighted by Crippen LogP contribution is -2.38. The van der Waals surface area contributed by atoms with Crippen LogP contribution in [0.4, 0.5) is 11.6 Å². The van der Waals surface area contributed by atoms with Gasteiger partial charge in [0.2, 0.25) is 5.95 Å². The maximum absolute atomic E-state index is 13.0. The van der Waals surface area contributed by atoms with Gasteiger partial charge in [0.1, 0.15) is 12.4 Å². The second-order valence-electron chi connectivity index (χ2n) is 8.26. The van der Waals surface area contributed by atoms with E-state index in [1.54, 1.807) is 18.2 Å². The largest absolute Gasteiger partial charge is 0.479 e. The monoisotopic (exact) mass is 491 g/mol. The lowest BCUT2D eigenvalue weighted by atomic mass is 10.3. The van der Waals surface area contributed by atoms with Crippen molar-refractivity contribution in [2.75, 3.05) is 38.2 Å². The summed E-state index contributed by atoms with van der Waals surface area (Å²) in [4.78, 5) is 30.5. The first-order valence-electron chi connectivity index (χ1n) is 11.6. The summed E-state index contributed by atoms with van der Waals surface area (Å²) in [5.74, 6) is 0.555. The third-order valence-corrected chi connectivity index (χ3v) is 5.94. The van der Waals surface area contributed by atoms with E-state index in [1.807, 2.05) is 28.8 Å². The van der Waals surface area contributed by atoms with E-state index in [0.717, 1.165) is 43.9 Å². The number of carbonyl (C=O) groups is 1. The summed E-state index contributed by atoms with van der Waals surface area (Å²) in [6, 6.07) is 16.9. The first-order valence-corrected chi connectivity index (χ1v) is 11.6. The Morgan fingerprint density at radius 1 is 1.06 bits per heavy atom. The second-order valence-corrected chi connectivity index (χ2v) is 8.26. The van der Waals surface area contributed by atoms with E-state index < -0.39 is 10.8 Å². The molecule has 0 unspecified atom stereocenters. The maximum Gasteiger partial charge on any atom is 0.310 e. The number of hydrogen-bond acceptors (Lipinski definition) is 8. The normalized spacial score (nSPS) is 14.1. The fourth-order valence-corrected chi connectivity index (χ4v) is 4.08. The van der Waals surface area contributed by atoms with Crippen LogP contribution in [-0.4, -0.2) is 58.1 Å². The number of aromatic nitrogens is 2. The van der Waals surface area contributed by atoms with Crippen LogP contribution in [0.15, 0.2) is 65.1 Å². The number of benzene rings is 2. The average Bonchev–Trinajstić information content (AvgIpc) is 3.51. The second kappa shape index (κ2) is 10.6. The van der Waals surface area contributed by atoms with Gasteiger partial charge in [0, 0.05) is 32.2 Å². The van der Waals surface area contributed by atoms with Crippen molar-refractivity contribution in [2.45, 2.75) is 13.2 Å². The smallest absolute Gasteiger partial charge is 0.310 e. The number of nitrogens with one attached hydrogen (secondary N) is 1. The summed E-state index contributed by atoms with van der Waals surface area (Å²) >= 11 is 0. The number of amides is 1. The van der Waals surface area contributed by atoms with Crippen molar-refractivity contribution >= 4 is 28.6 Å². The van der Waals surface area contributed by atoms with Gasteiger partial charge >= 0.3 is 5.69 Å². The van der Waals surface area contributed by atoms with Gasteiger partial charge in [-0.25, -0.2) is 4.98 Å². The van der Waals surface area contributed by atoms with Crippen molar-refractivity contribution < 1.29 is 23.6 Å². The Kier molecular flexibility index (Phi) is 6.92. The molecule has 0 saturated carbocycles. The molecule has 0 bridgehead atoms. The lowest BCUT2D eigenvalue weighted by molar-refractivity contribution is -0.386. The average molecular weight is 492 g/mol. The summed E-state index contributed by atoms with van der Waals surface area (Å²) in [6.07, 6.45) is 0. The quantitative estimate of drug-likeness (QED) is 0.278. The summed E-state index contributed by atoms with van der Waals surface area (Å²) in [5.41, 5.74) is 1.57. The molecule has 5 rings (SSSR count). The molecule has 36 heavy (non-hydrogen) atoms. The van der Waals surface area contributed by atoms with Crippen molar-refractivity contribution in [3.8, 4) is 5.75 Å². The molecule has 4 aromatic rings. The van der Waals surface area contributed by atoms with Crippen LogP contribution in [0, 0.1) is 10.1 Å². The lowest BCUT2D eigenvalue weighted by Gasteiger charge is -2.26. The molecule has 2 aromatic heterocycles. The molecular formula is C25H25N5O6. The number of ether oxygens (including phenoxy) is 2. The number of nitro benzene ring substituents is 1. The molecule has 1 N–H and O–H groups in total. The number of fused-ring (bicyclic) bond motifs is 1. The third-order valence-electron chi connectivity index (χ3n) is 5.94. The zero-order valence-electron chi connectivity index (χ0n) is 19.5. The van der Waals surface area contributed by atoms with Gasteiger partial charge in [0.05, 0.1) is 29.2 Å². The standard InChI is InChI=1S/C25H25N5O6/c31-24(23-10-9-18(36-23)17-35-22-8-4-3-7-21(22)30(32)33)27-25-26-19-5-1-2-6-20(19)29(25)12-11-28-13-15-34-16-14-28/h1-10H,11-17H2,(H,26,27,31). The molecule has 1 aliphatic rings. The number of anilines is 1. The van der Waals surface area contributed by atoms with E-state index in [4.69, 9.17) is 13.9 Å². The number of nitro groups is 1. The zero-order chi connectivity index (χ0) is 24.9. The molecule has 1 fully saturated rings. The molecule has 0 spiro atoms. The molecule has 186 valence electrons. The zero-order valence-corrected chi connectivity index (χ0v) is 19.5. The summed E-state index contributed by atoms with van der Waals surface area (Å²) in [6.45, 7) is 4.59. The Labute approximate surface area is 206 Å². The topological polar surface area (TPSA) is 125 Å². The third kappa shape index (κ3) is 5.21. The highest BCUT2D eigenvalue weighted by Crippen LogP contribution is 2.27. The molecule has 1 saturated heterocycles. The molecule has 1 amide bonds. The SMILES string of the molecule is O=C(Nc1nc2ccccc2n1CCN1CCOCC1)c1ccc(COc2ccccc2[N+](=O)[O-])o1. The van der Waals surface area contributed by atoms with Crippen molar-refractivity contribution in [3.63, 3.8) is 0 Å². The minimum atomic E-state index is -0.512. The number of para-hydroxylation sites is 4. The molecule has 11 nitrogen and oxygen atoms in total. The van der Waals surface area contributed by atoms with Crippen molar-refractivity contribution in [1.82, 2.24) is 14.5 Å². The molecule has 11 heteroatoms. The number of morpholine rings is 1. The summed E-state index contributed by atoms with van der Waals surface area (Å²) < 4.78 is 18.6. The molecule has 1 aliphatic heterocycles. The van der Waals surface area contributed by atoms with E-state index in [0.29, 0.717) is 18.3 Å². The van der Waals surface area contributed by atoms with Gasteiger partial charge in [-0.3, -0.25) is 25.1 Å². The number of furan rings is 1. The van der Waals surface area contributed by atoms with E-state index in [1.165, 1.54) is 18.2 Å². The maximum atomic E-state index is 13.0. The first kappa shape index (κ1) is 23.5. The van der Waals surface area contributed by atoms with E-state index in [9.17, 15) is 14.9 Å². The molecule has 0 aliphatic carbocycles. The van der Waals surface area contributed by atoms with Gasteiger partial charge in [0.15, 0.2) is 11.5 Å². The van der Waals surface area contributed by atoms with E-state index >= 15 is 0 Å². The fourth-order valence-electron chi connectivity index (χ4n) is 4.08. The van der Waals surface area contributed by atoms with Gasteiger partial charge in [-0.2, -0.15) is 0 Å². The minimum absolute atomic E-state index is 0.0593. The minimum Gasteiger partial charge on any atom is -0.479 e. The van der Waals surface area contributed by atoms with Crippen LogP contribution in [0.25, 0.3) is 11.0 Å². The number of hydrogen-bond donors (Lipinski definition) is 1. The van der Waals surface area contributed by atoms with Gasteiger partial charge < -0.3 is 18.5 Å². The van der Waals surface area contributed by atoms with Crippen molar-refractivity contribution in [2.24, 2.45) is 0 Å². The van der Waals surface area contributed by atoms with E-state index in [-0.39, 0.29) is 23.8 Å². The summed E-state index contributed by atoms with van der Waals surface area (Å²) in [7, 11) is 0. The first-order chi connectivity index (χ1) is 17.6. The molecule has 0 atom stereocenters. The molecule has 0 radical (unpaired) electrons. The van der Waals surface area contributed by atoms with Crippen LogP contribution in [0.1, 0.15) is 16.3 Å². The number of nitrogens with zero attached hydrogens (tertiary/aromatic N) is 4. The van der Waals surface area contributed by atoms with Gasteiger partial charge in [0.25, 0.3) is 5.91 Å². The van der Waals surface area contributed by atoms with Crippen LogP contribution < -0.4 is 10.1 Å². The van der Waals surface area contributed by atoms with Crippen LogP contribution >= 0.6 is 0 Å². The highest BCUT2D eigenvalue weighted by Gasteiger charge is 2.19. The predicted molar refractivity (Wildman–Crippen MR) is 131 cm³/mol. The molecule has 2 aromatic carbocycles. The number of carbonyl (C=O) groups excluding carboxylic acids is 1. The van der Waals surface area contributed by atoms with Crippen LogP contribution in [0.3, 0.4) is 0 Å². The van der Waals surface area contributed by atoms with Gasteiger partial charge in [-0.15, -0.1) is 0 Å². The molecular weight excluding hydrogens is 466 g/mol. The van der Waals surface area contributed by atoms with Gasteiger partial charge in [-0.05, 0) is 30.3 Å². The highest BCUT2D eigenvalue weighted by molar-refractivity contribution is 6.02.